The normalized spacial score (nSPS) is 32.4. The minimum atomic E-state index is 0.267. The molecule has 2 heterocycles. The van der Waals surface area contributed by atoms with Gasteiger partial charge in [0.05, 0.1) is 12.1 Å². The van der Waals surface area contributed by atoms with Gasteiger partial charge in [0, 0.05) is 17.9 Å². The number of hydrogen-bond acceptors (Lipinski definition) is 3. The molecule has 1 aliphatic carbocycles. The van der Waals surface area contributed by atoms with E-state index in [1.807, 2.05) is 18.4 Å². The molecule has 20 heavy (non-hydrogen) atoms. The second-order valence-electron chi connectivity index (χ2n) is 6.35. The highest BCUT2D eigenvalue weighted by Gasteiger charge is 2.47. The summed E-state index contributed by atoms with van der Waals surface area (Å²) in [4.78, 5) is 4.40. The predicted molar refractivity (Wildman–Crippen MR) is 85.3 cm³/mol. The molecule has 1 aliphatic heterocycles. The van der Waals surface area contributed by atoms with Gasteiger partial charge in [-0.1, -0.05) is 25.3 Å². The van der Waals surface area contributed by atoms with Crippen molar-refractivity contribution in [1.82, 2.24) is 4.90 Å². The quantitative estimate of drug-likeness (QED) is 0.822. The van der Waals surface area contributed by atoms with Crippen molar-refractivity contribution >= 4 is 11.3 Å². The molecule has 0 radical (unpaired) electrons. The van der Waals surface area contributed by atoms with E-state index in [9.17, 15) is 0 Å². The minimum Gasteiger partial charge on any atom is -0.384 e. The Balaban J connectivity index is 1.96. The van der Waals surface area contributed by atoms with E-state index in [1.54, 1.807) is 4.88 Å². The van der Waals surface area contributed by atoms with Gasteiger partial charge in [0.15, 0.2) is 0 Å². The molecular weight excluding hydrogens is 265 g/mol. The van der Waals surface area contributed by atoms with E-state index in [-0.39, 0.29) is 5.54 Å². The summed E-state index contributed by atoms with van der Waals surface area (Å²) in [6, 6.07) is 4.59. The Bertz CT molecular complexity index is 384. The number of likely N-dealkylation sites (tertiary alicyclic amines) is 1. The Kier molecular flexibility index (Phi) is 4.79. The lowest BCUT2D eigenvalue weighted by Gasteiger charge is -2.52. The van der Waals surface area contributed by atoms with Crippen molar-refractivity contribution in [3.63, 3.8) is 0 Å². The predicted octanol–water partition coefficient (Wildman–Crippen LogP) is 4.27. The van der Waals surface area contributed by atoms with Crippen LogP contribution >= 0.6 is 11.3 Å². The van der Waals surface area contributed by atoms with Crippen LogP contribution in [0.3, 0.4) is 0 Å². The number of hydrogen-bond donors (Lipinski definition) is 0. The molecule has 3 rings (SSSR count). The van der Waals surface area contributed by atoms with E-state index in [0.29, 0.717) is 5.92 Å². The minimum absolute atomic E-state index is 0.267. The topological polar surface area (TPSA) is 12.5 Å². The van der Waals surface area contributed by atoms with Crippen LogP contribution in [0.25, 0.3) is 0 Å². The van der Waals surface area contributed by atoms with Crippen LogP contribution in [0.5, 0.6) is 0 Å². The van der Waals surface area contributed by atoms with Crippen LogP contribution in [0, 0.1) is 5.92 Å². The highest BCUT2D eigenvalue weighted by molar-refractivity contribution is 7.10. The molecule has 3 heteroatoms. The van der Waals surface area contributed by atoms with Gasteiger partial charge in [-0.25, -0.2) is 0 Å². The number of ether oxygens (including phenoxy) is 1. The van der Waals surface area contributed by atoms with Gasteiger partial charge >= 0.3 is 0 Å². The van der Waals surface area contributed by atoms with Crippen molar-refractivity contribution in [1.29, 1.82) is 0 Å². The van der Waals surface area contributed by atoms with Gasteiger partial charge in [-0.2, -0.15) is 0 Å². The van der Waals surface area contributed by atoms with Gasteiger partial charge in [0.25, 0.3) is 0 Å². The largest absolute Gasteiger partial charge is 0.384 e. The molecule has 2 atom stereocenters. The molecule has 0 amide bonds. The Morgan fingerprint density at radius 3 is 2.80 bits per heavy atom. The Labute approximate surface area is 127 Å². The Morgan fingerprint density at radius 2 is 2.10 bits per heavy atom. The molecule has 2 unspecified atom stereocenters. The molecule has 2 fully saturated rings. The highest BCUT2D eigenvalue weighted by Crippen LogP contribution is 2.48. The van der Waals surface area contributed by atoms with Gasteiger partial charge < -0.3 is 4.74 Å². The number of piperidine rings is 1. The summed E-state index contributed by atoms with van der Waals surface area (Å²) >= 11 is 1.95. The van der Waals surface area contributed by atoms with E-state index in [4.69, 9.17) is 4.74 Å². The fourth-order valence-corrected chi connectivity index (χ4v) is 5.43. The fraction of sp³-hybridized carbons (Fsp3) is 0.765. The van der Waals surface area contributed by atoms with E-state index >= 15 is 0 Å². The third kappa shape index (κ3) is 2.56. The number of rotatable bonds is 4. The van der Waals surface area contributed by atoms with E-state index in [2.05, 4.69) is 22.4 Å². The zero-order chi connectivity index (χ0) is 13.8. The molecule has 2 nitrogen and oxygen atoms in total. The molecule has 0 N–H and O–H groups in total. The van der Waals surface area contributed by atoms with Crippen molar-refractivity contribution < 1.29 is 4.74 Å². The first-order valence-electron chi connectivity index (χ1n) is 8.16. The number of thiophene rings is 1. The maximum Gasteiger partial charge on any atom is 0.0604 e. The third-order valence-electron chi connectivity index (χ3n) is 5.27. The van der Waals surface area contributed by atoms with Crippen molar-refractivity contribution in [2.75, 3.05) is 26.8 Å². The van der Waals surface area contributed by atoms with E-state index in [0.717, 1.165) is 6.61 Å². The van der Waals surface area contributed by atoms with Crippen LogP contribution in [0.4, 0.5) is 0 Å². The third-order valence-corrected chi connectivity index (χ3v) is 6.31. The molecule has 1 aromatic heterocycles. The monoisotopic (exact) mass is 292 g/mol. The van der Waals surface area contributed by atoms with Gasteiger partial charge in [-0.05, 0) is 50.2 Å². The molecule has 0 bridgehead atoms. The van der Waals surface area contributed by atoms with Crippen LogP contribution in [-0.4, -0.2) is 31.7 Å². The van der Waals surface area contributed by atoms with Crippen LogP contribution in [0.15, 0.2) is 17.5 Å². The summed E-state index contributed by atoms with van der Waals surface area (Å²) in [5, 5.41) is 2.25. The Hall–Kier alpha value is -0.380. The summed E-state index contributed by atoms with van der Waals surface area (Å²) in [6.07, 6.45) is 9.53. The SMILES string of the molecule is [11CH3]OCC1CCCCC1(c1cccs1)N1CCCCC1. The first kappa shape index (κ1) is 14.6. The second-order valence-corrected chi connectivity index (χ2v) is 7.30. The number of nitrogens with zero attached hydrogens (tertiary/aromatic N) is 1. The van der Waals surface area contributed by atoms with Crippen molar-refractivity contribution in [3.8, 4) is 0 Å². The molecule has 0 aromatic carbocycles. The lowest BCUT2D eigenvalue weighted by Crippen LogP contribution is -2.55. The molecule has 1 saturated carbocycles. The molecule has 0 spiro atoms. The summed E-state index contributed by atoms with van der Waals surface area (Å²) in [7, 11) is 1.87. The lowest BCUT2D eigenvalue weighted by molar-refractivity contribution is -0.0437. The number of methoxy groups -OCH3 is 1. The van der Waals surface area contributed by atoms with E-state index < -0.39 is 0 Å². The average Bonchev–Trinajstić information content (AvgIpc) is 3.04. The van der Waals surface area contributed by atoms with Crippen LogP contribution in [-0.2, 0) is 10.3 Å². The van der Waals surface area contributed by atoms with Gasteiger partial charge in [0.2, 0.25) is 0 Å². The fourth-order valence-electron chi connectivity index (χ4n) is 4.36. The average molecular weight is 292 g/mol. The molecule has 1 saturated heterocycles. The Morgan fingerprint density at radius 1 is 1.25 bits per heavy atom. The maximum atomic E-state index is 5.60. The second kappa shape index (κ2) is 6.59. The zero-order valence-corrected chi connectivity index (χ0v) is 13.5. The van der Waals surface area contributed by atoms with E-state index in [1.165, 1.54) is 58.0 Å². The first-order chi connectivity index (χ1) is 9.88. The molecule has 112 valence electrons. The van der Waals surface area contributed by atoms with Crippen molar-refractivity contribution in [2.24, 2.45) is 5.92 Å². The smallest absolute Gasteiger partial charge is 0.0604 e. The zero-order valence-electron chi connectivity index (χ0n) is 12.6. The van der Waals surface area contributed by atoms with Gasteiger partial charge in [-0.15, -0.1) is 11.3 Å². The van der Waals surface area contributed by atoms with Crippen molar-refractivity contribution in [3.05, 3.63) is 22.4 Å². The standard InChI is InChI=1S/C17H27NOS/c1-19-14-15-8-3-4-10-17(15,16-9-7-13-20-16)18-11-5-2-6-12-18/h7,9,13,15H,2-6,8,10-12,14H2,1H3/i1-1. The maximum absolute atomic E-state index is 5.60. The van der Waals surface area contributed by atoms with Gasteiger partial charge in [-0.3, -0.25) is 4.90 Å². The molecule has 1 aromatic rings. The van der Waals surface area contributed by atoms with Crippen LogP contribution < -0.4 is 0 Å². The van der Waals surface area contributed by atoms with Crippen LogP contribution in [0.1, 0.15) is 49.8 Å². The lowest BCUT2D eigenvalue weighted by atomic mass is 9.70. The summed E-state index contributed by atoms with van der Waals surface area (Å²) in [5.41, 5.74) is 0.267. The molecule has 2 aliphatic rings. The summed E-state index contributed by atoms with van der Waals surface area (Å²) in [6.45, 7) is 3.46. The van der Waals surface area contributed by atoms with Crippen molar-refractivity contribution in [2.45, 2.75) is 50.5 Å². The van der Waals surface area contributed by atoms with Gasteiger partial charge in [0.1, 0.15) is 0 Å². The summed E-state index contributed by atoms with van der Waals surface area (Å²) in [5.74, 6) is 0.665. The first-order valence-corrected chi connectivity index (χ1v) is 9.04. The van der Waals surface area contributed by atoms with Crippen LogP contribution in [0.2, 0.25) is 0 Å². The highest BCUT2D eigenvalue weighted by atomic mass is 32.1. The molecular formula is C17H27NOS. The summed E-state index contributed by atoms with van der Waals surface area (Å²) < 4.78 is 5.60.